The van der Waals surface area contributed by atoms with Crippen LogP contribution in [0.15, 0.2) is 18.2 Å². The van der Waals surface area contributed by atoms with Crippen LogP contribution in [0.25, 0.3) is 10.9 Å². The molecule has 9 heteroatoms. The Morgan fingerprint density at radius 3 is 3.08 bits per heavy atom. The third-order valence-corrected chi connectivity index (χ3v) is 4.70. The largest absolute Gasteiger partial charge is 0.312 e. The summed E-state index contributed by atoms with van der Waals surface area (Å²) in [5, 5.41) is 19.5. The van der Waals surface area contributed by atoms with Gasteiger partial charge in [0.15, 0.2) is 5.82 Å². The van der Waals surface area contributed by atoms with E-state index in [9.17, 15) is 4.79 Å². The molecule has 2 N–H and O–H groups in total. The lowest BCUT2D eigenvalue weighted by Crippen LogP contribution is -2.48. The molecule has 0 spiro atoms. The van der Waals surface area contributed by atoms with Crippen molar-refractivity contribution in [1.29, 1.82) is 0 Å². The van der Waals surface area contributed by atoms with Crippen LogP contribution in [0, 0.1) is 6.92 Å². The van der Waals surface area contributed by atoms with Gasteiger partial charge in [0.25, 0.3) is 0 Å². The molecule has 0 saturated heterocycles. The molecule has 3 aromatic rings. The smallest absolute Gasteiger partial charge is 0.244 e. The van der Waals surface area contributed by atoms with Gasteiger partial charge in [0.05, 0.1) is 23.6 Å². The van der Waals surface area contributed by atoms with E-state index in [2.05, 4.69) is 25.7 Å². The molecule has 0 saturated carbocycles. The zero-order chi connectivity index (χ0) is 16.8. The zero-order valence-electron chi connectivity index (χ0n) is 13.2. The number of halogens is 1. The van der Waals surface area contributed by atoms with E-state index in [1.54, 1.807) is 6.07 Å². The number of carbonyl (C=O) groups is 1. The van der Waals surface area contributed by atoms with Crippen molar-refractivity contribution in [3.63, 3.8) is 0 Å². The molecule has 8 nitrogen and oxygen atoms in total. The molecule has 1 atom stereocenters. The van der Waals surface area contributed by atoms with E-state index in [1.807, 2.05) is 35.6 Å². The topological polar surface area (TPSA) is 91.7 Å². The molecule has 1 unspecified atom stereocenters. The van der Waals surface area contributed by atoms with E-state index in [-0.39, 0.29) is 11.9 Å². The molecule has 0 fully saturated rings. The van der Waals surface area contributed by atoms with Crippen LogP contribution in [0.5, 0.6) is 0 Å². The fourth-order valence-corrected chi connectivity index (χ4v) is 3.23. The molecule has 1 aliphatic heterocycles. The highest BCUT2D eigenvalue weighted by Crippen LogP contribution is 2.27. The number of amides is 1. The summed E-state index contributed by atoms with van der Waals surface area (Å²) in [6, 6.07) is 5.15. The van der Waals surface area contributed by atoms with Crippen molar-refractivity contribution in [2.75, 3.05) is 12.4 Å². The molecule has 1 aliphatic rings. The summed E-state index contributed by atoms with van der Waals surface area (Å²) in [4.78, 5) is 14.7. The number of likely N-dealkylation sites (N-methyl/N-ethyl adjacent to an activating group) is 1. The molecular weight excluding hydrogens is 330 g/mol. The van der Waals surface area contributed by atoms with Crippen molar-refractivity contribution < 1.29 is 4.79 Å². The van der Waals surface area contributed by atoms with Crippen molar-refractivity contribution in [3.05, 3.63) is 34.9 Å². The highest BCUT2D eigenvalue weighted by atomic mass is 35.5. The van der Waals surface area contributed by atoms with Gasteiger partial charge in [-0.3, -0.25) is 14.8 Å². The number of aromatic amines is 1. The van der Waals surface area contributed by atoms with E-state index in [4.69, 9.17) is 11.6 Å². The van der Waals surface area contributed by atoms with Crippen molar-refractivity contribution in [3.8, 4) is 0 Å². The summed E-state index contributed by atoms with van der Waals surface area (Å²) < 4.78 is 1.98. The normalized spacial score (nSPS) is 17.9. The number of hydrogen-bond donors (Lipinski definition) is 2. The number of aromatic nitrogens is 5. The molecule has 1 amide bonds. The lowest BCUT2D eigenvalue weighted by molar-refractivity contribution is -0.122. The summed E-state index contributed by atoms with van der Waals surface area (Å²) in [7, 11) is 1.90. The zero-order valence-corrected chi connectivity index (χ0v) is 14.0. The number of nitrogens with one attached hydrogen (secondary N) is 2. The molecule has 1 aromatic carbocycles. The molecule has 4 rings (SSSR count). The minimum atomic E-state index is -0.321. The molecule has 0 aliphatic carbocycles. The predicted molar refractivity (Wildman–Crippen MR) is 89.7 cm³/mol. The van der Waals surface area contributed by atoms with Gasteiger partial charge in [-0.25, -0.2) is 0 Å². The van der Waals surface area contributed by atoms with E-state index in [1.165, 1.54) is 0 Å². The Morgan fingerprint density at radius 2 is 2.25 bits per heavy atom. The van der Waals surface area contributed by atoms with Gasteiger partial charge in [-0.05, 0) is 26.1 Å². The van der Waals surface area contributed by atoms with Crippen molar-refractivity contribution >= 4 is 34.2 Å². The summed E-state index contributed by atoms with van der Waals surface area (Å²) in [5.74, 6) is 2.05. The number of nitrogens with zero attached hydrogens (tertiary/aromatic N) is 5. The van der Waals surface area contributed by atoms with Crippen LogP contribution in [0.1, 0.15) is 11.6 Å². The number of fused-ring (bicyclic) bond motifs is 2. The fraction of sp³-hybridized carbons (Fsp3) is 0.333. The van der Waals surface area contributed by atoms with Gasteiger partial charge >= 0.3 is 0 Å². The number of benzene rings is 1. The Kier molecular flexibility index (Phi) is 3.50. The standard InChI is InChI=1S/C15H16ClN7O/c1-8-18-19-12-7-22(2)11(6-23(8)12)15(24)17-14-9-4-3-5-10(16)13(9)20-21-14/h3-5,11H,6-7H2,1-2H3,(H2,17,20,21,24). The maximum Gasteiger partial charge on any atom is 0.244 e. The van der Waals surface area contributed by atoms with Crippen LogP contribution in [0.2, 0.25) is 5.02 Å². The van der Waals surface area contributed by atoms with Crippen LogP contribution in [0.4, 0.5) is 5.82 Å². The van der Waals surface area contributed by atoms with Gasteiger partial charge in [-0.1, -0.05) is 17.7 Å². The van der Waals surface area contributed by atoms with Gasteiger partial charge in [-0.15, -0.1) is 10.2 Å². The fourth-order valence-electron chi connectivity index (χ4n) is 3.01. The first-order valence-electron chi connectivity index (χ1n) is 7.57. The second-order valence-electron chi connectivity index (χ2n) is 5.93. The summed E-state index contributed by atoms with van der Waals surface area (Å²) >= 11 is 6.13. The van der Waals surface area contributed by atoms with Gasteiger partial charge < -0.3 is 9.88 Å². The maximum atomic E-state index is 12.8. The highest BCUT2D eigenvalue weighted by molar-refractivity contribution is 6.35. The minimum Gasteiger partial charge on any atom is -0.312 e. The van der Waals surface area contributed by atoms with E-state index in [0.717, 1.165) is 17.0 Å². The second-order valence-corrected chi connectivity index (χ2v) is 6.34. The predicted octanol–water partition coefficient (Wildman–Crippen LogP) is 1.57. The molecule has 3 heterocycles. The Hall–Kier alpha value is -2.45. The molecule has 0 bridgehead atoms. The lowest BCUT2D eigenvalue weighted by Gasteiger charge is -2.31. The molecule has 0 radical (unpaired) electrons. The SMILES string of the molecule is Cc1nnc2n1CC(C(=O)Nc1n[nH]c3c(Cl)cccc13)N(C)C2. The number of rotatable bonds is 2. The Bertz CT molecular complexity index is 931. The Morgan fingerprint density at radius 1 is 1.42 bits per heavy atom. The third-order valence-electron chi connectivity index (χ3n) is 4.38. The van der Waals surface area contributed by atoms with Gasteiger partial charge in [0.2, 0.25) is 5.91 Å². The molecule has 24 heavy (non-hydrogen) atoms. The average molecular weight is 346 g/mol. The van der Waals surface area contributed by atoms with Crippen molar-refractivity contribution in [2.45, 2.75) is 26.1 Å². The maximum absolute atomic E-state index is 12.8. The van der Waals surface area contributed by atoms with E-state index < -0.39 is 0 Å². The highest BCUT2D eigenvalue weighted by Gasteiger charge is 2.31. The summed E-state index contributed by atoms with van der Waals surface area (Å²) in [5.41, 5.74) is 0.711. The molecule has 124 valence electrons. The number of hydrogen-bond acceptors (Lipinski definition) is 5. The number of H-pyrrole nitrogens is 1. The van der Waals surface area contributed by atoms with E-state index in [0.29, 0.717) is 29.4 Å². The summed E-state index contributed by atoms with van der Waals surface area (Å²) in [6.07, 6.45) is 0. The number of aryl methyl sites for hydroxylation is 1. The number of anilines is 1. The van der Waals surface area contributed by atoms with Crippen LogP contribution in [-0.2, 0) is 17.9 Å². The minimum absolute atomic E-state index is 0.121. The van der Waals surface area contributed by atoms with E-state index >= 15 is 0 Å². The van der Waals surface area contributed by atoms with Crippen LogP contribution < -0.4 is 5.32 Å². The van der Waals surface area contributed by atoms with Crippen LogP contribution in [0.3, 0.4) is 0 Å². The first-order valence-corrected chi connectivity index (χ1v) is 7.95. The summed E-state index contributed by atoms with van der Waals surface area (Å²) in [6.45, 7) is 2.98. The quantitative estimate of drug-likeness (QED) is 0.735. The van der Waals surface area contributed by atoms with Crippen LogP contribution in [-0.4, -0.2) is 48.9 Å². The number of para-hydroxylation sites is 1. The third kappa shape index (κ3) is 2.35. The van der Waals surface area contributed by atoms with Crippen molar-refractivity contribution in [1.82, 2.24) is 29.9 Å². The average Bonchev–Trinajstić information content (AvgIpc) is 3.12. The van der Waals surface area contributed by atoms with Crippen LogP contribution >= 0.6 is 11.6 Å². The van der Waals surface area contributed by atoms with Crippen molar-refractivity contribution in [2.24, 2.45) is 0 Å². The lowest BCUT2D eigenvalue weighted by atomic mass is 10.1. The first-order chi connectivity index (χ1) is 11.5. The number of carbonyl (C=O) groups excluding carboxylic acids is 1. The second kappa shape index (κ2) is 5.57. The van der Waals surface area contributed by atoms with Gasteiger partial charge in [0.1, 0.15) is 17.7 Å². The Balaban J connectivity index is 1.60. The monoisotopic (exact) mass is 345 g/mol. The molecular formula is C15H16ClN7O. The molecule has 2 aromatic heterocycles. The first kappa shape index (κ1) is 15.1. The Labute approximate surface area is 142 Å². The van der Waals surface area contributed by atoms with Gasteiger partial charge in [-0.2, -0.15) is 5.10 Å². The van der Waals surface area contributed by atoms with Gasteiger partial charge in [0, 0.05) is 5.39 Å².